The Morgan fingerprint density at radius 1 is 1.08 bits per heavy atom. The Balaban J connectivity index is 1.47. The first kappa shape index (κ1) is 18.0. The minimum absolute atomic E-state index is 0.168. The Bertz CT molecular complexity index is 720. The monoisotopic (exact) mass is 354 g/mol. The summed E-state index contributed by atoms with van der Waals surface area (Å²) in [5.41, 5.74) is 2.36. The fourth-order valence-corrected chi connectivity index (χ4v) is 3.12. The highest BCUT2D eigenvalue weighted by atomic mass is 16.3. The van der Waals surface area contributed by atoms with E-state index >= 15 is 0 Å². The number of hydrogen-bond donors (Lipinski definition) is 1. The van der Waals surface area contributed by atoms with Gasteiger partial charge < -0.3 is 19.8 Å². The van der Waals surface area contributed by atoms with Crippen molar-refractivity contribution in [1.82, 2.24) is 9.88 Å². The number of pyridine rings is 1. The predicted molar refractivity (Wildman–Crippen MR) is 104 cm³/mol. The molecule has 0 radical (unpaired) electrons. The first-order chi connectivity index (χ1) is 12.5. The molecular weight excluding hydrogens is 328 g/mol. The molecule has 0 spiro atoms. The van der Waals surface area contributed by atoms with Crippen LogP contribution in [0.4, 0.5) is 11.5 Å². The molecule has 6 nitrogen and oxygen atoms in total. The molecule has 0 saturated carbocycles. The van der Waals surface area contributed by atoms with Gasteiger partial charge >= 0.3 is 0 Å². The number of nitrogens with zero attached hydrogens (tertiary/aromatic N) is 4. The minimum Gasteiger partial charge on any atom is -0.506 e. The maximum absolute atomic E-state index is 12.5. The molecule has 1 aliphatic heterocycles. The standard InChI is InChI=1S/C20H26N4O2/c1-22(2)17-6-3-16(4-7-17)5-10-20(26)24-13-11-23(12-14-24)19-9-8-18(25)15-21-19/h3-4,6-9,15,25H,5,10-14H2,1-2H3. The smallest absolute Gasteiger partial charge is 0.223 e. The zero-order valence-electron chi connectivity index (χ0n) is 15.4. The Kier molecular flexibility index (Phi) is 5.61. The summed E-state index contributed by atoms with van der Waals surface area (Å²) >= 11 is 0. The van der Waals surface area contributed by atoms with Crippen molar-refractivity contribution < 1.29 is 9.90 Å². The van der Waals surface area contributed by atoms with Crippen LogP contribution in [0.2, 0.25) is 0 Å². The van der Waals surface area contributed by atoms with Crippen LogP contribution in [-0.4, -0.2) is 61.2 Å². The topological polar surface area (TPSA) is 59.9 Å². The lowest BCUT2D eigenvalue weighted by molar-refractivity contribution is -0.131. The predicted octanol–water partition coefficient (Wildman–Crippen LogP) is 2.13. The van der Waals surface area contributed by atoms with Crippen molar-refractivity contribution >= 4 is 17.4 Å². The van der Waals surface area contributed by atoms with E-state index in [1.165, 1.54) is 17.4 Å². The Morgan fingerprint density at radius 3 is 2.35 bits per heavy atom. The zero-order valence-corrected chi connectivity index (χ0v) is 15.4. The summed E-state index contributed by atoms with van der Waals surface area (Å²) in [5.74, 6) is 1.22. The summed E-state index contributed by atoms with van der Waals surface area (Å²) in [6.07, 6.45) is 2.76. The van der Waals surface area contributed by atoms with E-state index in [9.17, 15) is 9.90 Å². The lowest BCUT2D eigenvalue weighted by Crippen LogP contribution is -2.49. The Hall–Kier alpha value is -2.76. The summed E-state index contributed by atoms with van der Waals surface area (Å²) in [6.45, 7) is 2.95. The van der Waals surface area contributed by atoms with Gasteiger partial charge in [0.1, 0.15) is 11.6 Å². The lowest BCUT2D eigenvalue weighted by atomic mass is 10.1. The molecule has 0 atom stereocenters. The highest BCUT2D eigenvalue weighted by molar-refractivity contribution is 5.76. The van der Waals surface area contributed by atoms with E-state index in [-0.39, 0.29) is 11.7 Å². The number of piperazine rings is 1. The zero-order chi connectivity index (χ0) is 18.5. The van der Waals surface area contributed by atoms with Gasteiger partial charge in [0.05, 0.1) is 6.20 Å². The molecular formula is C20H26N4O2. The van der Waals surface area contributed by atoms with Gasteiger partial charge in [0.15, 0.2) is 0 Å². The van der Waals surface area contributed by atoms with Gasteiger partial charge in [-0.25, -0.2) is 4.98 Å². The van der Waals surface area contributed by atoms with E-state index in [1.54, 1.807) is 6.07 Å². The van der Waals surface area contributed by atoms with Crippen molar-refractivity contribution in [2.75, 3.05) is 50.1 Å². The average Bonchev–Trinajstić information content (AvgIpc) is 2.67. The summed E-state index contributed by atoms with van der Waals surface area (Å²) in [7, 11) is 4.04. The average molecular weight is 354 g/mol. The number of benzene rings is 1. The Labute approximate surface area is 154 Å². The summed E-state index contributed by atoms with van der Waals surface area (Å²) in [4.78, 5) is 22.9. The third-order valence-corrected chi connectivity index (χ3v) is 4.77. The third kappa shape index (κ3) is 4.45. The molecule has 1 amide bonds. The lowest BCUT2D eigenvalue weighted by Gasteiger charge is -2.35. The van der Waals surface area contributed by atoms with Gasteiger partial charge in [0.2, 0.25) is 5.91 Å². The van der Waals surface area contributed by atoms with Gasteiger partial charge in [-0.05, 0) is 36.2 Å². The molecule has 1 aromatic heterocycles. The van der Waals surface area contributed by atoms with E-state index in [4.69, 9.17) is 0 Å². The molecule has 0 bridgehead atoms. The minimum atomic E-state index is 0.168. The molecule has 1 aliphatic rings. The van der Waals surface area contributed by atoms with Gasteiger partial charge in [0, 0.05) is 52.4 Å². The number of aromatic hydroxyl groups is 1. The number of anilines is 2. The molecule has 0 unspecified atom stereocenters. The maximum atomic E-state index is 12.5. The fourth-order valence-electron chi connectivity index (χ4n) is 3.12. The quantitative estimate of drug-likeness (QED) is 0.891. The fraction of sp³-hybridized carbons (Fsp3) is 0.400. The van der Waals surface area contributed by atoms with Crippen LogP contribution in [0, 0.1) is 0 Å². The van der Waals surface area contributed by atoms with Crippen molar-refractivity contribution in [1.29, 1.82) is 0 Å². The summed E-state index contributed by atoms with van der Waals surface area (Å²) < 4.78 is 0. The number of carbonyl (C=O) groups excluding carboxylic acids is 1. The highest BCUT2D eigenvalue weighted by Crippen LogP contribution is 2.17. The van der Waals surface area contributed by atoms with Gasteiger partial charge in [0.25, 0.3) is 0 Å². The van der Waals surface area contributed by atoms with Crippen LogP contribution < -0.4 is 9.80 Å². The second-order valence-corrected chi connectivity index (χ2v) is 6.80. The highest BCUT2D eigenvalue weighted by Gasteiger charge is 2.21. The molecule has 2 aromatic rings. The van der Waals surface area contributed by atoms with Crippen LogP contribution >= 0.6 is 0 Å². The second kappa shape index (κ2) is 8.08. The second-order valence-electron chi connectivity index (χ2n) is 6.80. The third-order valence-electron chi connectivity index (χ3n) is 4.77. The van der Waals surface area contributed by atoms with Crippen LogP contribution in [0.5, 0.6) is 5.75 Å². The van der Waals surface area contributed by atoms with Crippen LogP contribution in [0.1, 0.15) is 12.0 Å². The van der Waals surface area contributed by atoms with E-state index in [1.807, 2.05) is 25.1 Å². The number of hydrogen-bond acceptors (Lipinski definition) is 5. The molecule has 2 heterocycles. The van der Waals surface area contributed by atoms with E-state index in [0.717, 1.165) is 25.3 Å². The van der Waals surface area contributed by atoms with Crippen molar-refractivity contribution in [2.24, 2.45) is 0 Å². The van der Waals surface area contributed by atoms with E-state index in [0.29, 0.717) is 19.5 Å². The molecule has 26 heavy (non-hydrogen) atoms. The molecule has 6 heteroatoms. The summed E-state index contributed by atoms with van der Waals surface area (Å²) in [6, 6.07) is 11.8. The maximum Gasteiger partial charge on any atom is 0.223 e. The first-order valence-corrected chi connectivity index (χ1v) is 8.97. The molecule has 0 aliphatic carbocycles. The van der Waals surface area contributed by atoms with Crippen LogP contribution in [0.15, 0.2) is 42.6 Å². The number of rotatable bonds is 5. The van der Waals surface area contributed by atoms with Crippen LogP contribution in [0.3, 0.4) is 0 Å². The van der Waals surface area contributed by atoms with E-state index < -0.39 is 0 Å². The SMILES string of the molecule is CN(C)c1ccc(CCC(=O)N2CCN(c3ccc(O)cn3)CC2)cc1. The van der Waals surface area contributed by atoms with Gasteiger partial charge in [-0.3, -0.25) is 4.79 Å². The molecule has 138 valence electrons. The number of amides is 1. The molecule has 1 fully saturated rings. The van der Waals surface area contributed by atoms with Gasteiger partial charge in [-0.1, -0.05) is 12.1 Å². The van der Waals surface area contributed by atoms with Gasteiger partial charge in [-0.15, -0.1) is 0 Å². The Morgan fingerprint density at radius 2 is 1.77 bits per heavy atom. The van der Waals surface area contributed by atoms with Crippen molar-refractivity contribution in [2.45, 2.75) is 12.8 Å². The number of aryl methyl sites for hydroxylation is 1. The molecule has 1 saturated heterocycles. The van der Waals surface area contributed by atoms with E-state index in [2.05, 4.69) is 39.0 Å². The normalized spacial score (nSPS) is 14.4. The largest absolute Gasteiger partial charge is 0.506 e. The van der Waals surface area contributed by atoms with Crippen molar-refractivity contribution in [3.63, 3.8) is 0 Å². The molecule has 1 aromatic carbocycles. The van der Waals surface area contributed by atoms with Crippen LogP contribution in [-0.2, 0) is 11.2 Å². The molecule has 3 rings (SSSR count). The summed E-state index contributed by atoms with van der Waals surface area (Å²) in [5, 5.41) is 9.33. The van der Waals surface area contributed by atoms with Crippen molar-refractivity contribution in [3.05, 3.63) is 48.2 Å². The van der Waals surface area contributed by atoms with Gasteiger partial charge in [-0.2, -0.15) is 0 Å². The first-order valence-electron chi connectivity index (χ1n) is 8.97. The van der Waals surface area contributed by atoms with Crippen LogP contribution in [0.25, 0.3) is 0 Å². The molecule has 1 N–H and O–H groups in total. The van der Waals surface area contributed by atoms with Crippen molar-refractivity contribution in [3.8, 4) is 5.75 Å². The number of carbonyl (C=O) groups is 1. The number of aromatic nitrogens is 1.